The predicted octanol–water partition coefficient (Wildman–Crippen LogP) is 2.41. The van der Waals surface area contributed by atoms with Crippen molar-refractivity contribution in [2.24, 2.45) is 0 Å². The second-order valence-corrected chi connectivity index (χ2v) is 4.81. The summed E-state index contributed by atoms with van der Waals surface area (Å²) in [5.41, 5.74) is 3.52. The Morgan fingerprint density at radius 2 is 2.21 bits per heavy atom. The molecule has 19 heavy (non-hydrogen) atoms. The third kappa shape index (κ3) is 2.27. The first-order chi connectivity index (χ1) is 9.25. The highest BCUT2D eigenvalue weighted by molar-refractivity contribution is 5.86. The van der Waals surface area contributed by atoms with Crippen LogP contribution in [0, 0.1) is 0 Å². The highest BCUT2D eigenvalue weighted by Crippen LogP contribution is 2.34. The molecule has 1 aliphatic rings. The molecule has 1 aliphatic carbocycles. The maximum atomic E-state index is 10.9. The van der Waals surface area contributed by atoms with E-state index in [-0.39, 0.29) is 5.76 Å². The molecule has 0 spiro atoms. The van der Waals surface area contributed by atoms with E-state index in [0.717, 1.165) is 13.0 Å². The summed E-state index contributed by atoms with van der Waals surface area (Å²) in [5.74, 6) is -0.450. The zero-order chi connectivity index (χ0) is 13.2. The molecule has 2 aromatic rings. The normalized spacial score (nSPS) is 16.7. The highest BCUT2D eigenvalue weighted by atomic mass is 16.4. The van der Waals surface area contributed by atoms with Gasteiger partial charge >= 0.3 is 5.97 Å². The van der Waals surface area contributed by atoms with Crippen molar-refractivity contribution in [2.75, 3.05) is 6.54 Å². The monoisotopic (exact) mass is 257 g/mol. The molecule has 0 bridgehead atoms. The van der Waals surface area contributed by atoms with E-state index in [4.69, 9.17) is 9.52 Å². The molecule has 1 unspecified atom stereocenters. The summed E-state index contributed by atoms with van der Waals surface area (Å²) in [7, 11) is 0. The molecule has 4 nitrogen and oxygen atoms in total. The molecule has 2 N–H and O–H groups in total. The molecule has 0 saturated carbocycles. The first-order valence-electron chi connectivity index (χ1n) is 6.34. The minimum atomic E-state index is -1.02. The third-order valence-electron chi connectivity index (χ3n) is 3.61. The molecule has 1 heterocycles. The van der Waals surface area contributed by atoms with E-state index in [2.05, 4.69) is 29.6 Å². The van der Waals surface area contributed by atoms with Gasteiger partial charge < -0.3 is 14.8 Å². The topological polar surface area (TPSA) is 62.5 Å². The fraction of sp³-hybridized carbons (Fsp3) is 0.267. The minimum absolute atomic E-state index is 0.0292. The molecule has 0 aliphatic heterocycles. The average Bonchev–Trinajstić information content (AvgIpc) is 2.83. The fourth-order valence-electron chi connectivity index (χ4n) is 2.59. The second-order valence-electron chi connectivity index (χ2n) is 4.81. The standard InChI is InChI=1S/C15H15NO3/c17-15(18)14-11(5-6-19-14)8-16-9-12-7-10-3-1-2-4-13(10)12/h1-6,12,16H,7-9H2,(H,17,18). The van der Waals surface area contributed by atoms with Gasteiger partial charge in [0.2, 0.25) is 5.76 Å². The predicted molar refractivity (Wildman–Crippen MR) is 70.3 cm³/mol. The lowest BCUT2D eigenvalue weighted by atomic mass is 9.77. The smallest absolute Gasteiger partial charge is 0.372 e. The van der Waals surface area contributed by atoms with E-state index in [9.17, 15) is 4.79 Å². The largest absolute Gasteiger partial charge is 0.475 e. The van der Waals surface area contributed by atoms with Crippen LogP contribution < -0.4 is 5.32 Å². The van der Waals surface area contributed by atoms with E-state index in [1.165, 1.54) is 17.4 Å². The van der Waals surface area contributed by atoms with E-state index in [0.29, 0.717) is 18.0 Å². The number of hydrogen-bond donors (Lipinski definition) is 2. The lowest BCUT2D eigenvalue weighted by Crippen LogP contribution is -2.29. The molecular weight excluding hydrogens is 242 g/mol. The summed E-state index contributed by atoms with van der Waals surface area (Å²) in [6.07, 6.45) is 2.51. The van der Waals surface area contributed by atoms with E-state index in [1.807, 2.05) is 0 Å². The van der Waals surface area contributed by atoms with Gasteiger partial charge in [-0.15, -0.1) is 0 Å². The van der Waals surface area contributed by atoms with Crippen molar-refractivity contribution in [3.63, 3.8) is 0 Å². The van der Waals surface area contributed by atoms with Crippen molar-refractivity contribution in [3.05, 3.63) is 59.0 Å². The van der Waals surface area contributed by atoms with Crippen LogP contribution in [0.3, 0.4) is 0 Å². The van der Waals surface area contributed by atoms with Gasteiger partial charge in [0.25, 0.3) is 0 Å². The van der Waals surface area contributed by atoms with Crippen molar-refractivity contribution in [1.82, 2.24) is 5.32 Å². The van der Waals surface area contributed by atoms with Gasteiger partial charge in [-0.3, -0.25) is 0 Å². The lowest BCUT2D eigenvalue weighted by molar-refractivity contribution is 0.0660. The summed E-state index contributed by atoms with van der Waals surface area (Å²) in [6.45, 7) is 1.39. The van der Waals surface area contributed by atoms with Crippen molar-refractivity contribution in [2.45, 2.75) is 18.9 Å². The Morgan fingerprint density at radius 1 is 1.37 bits per heavy atom. The molecule has 0 amide bonds. The number of furan rings is 1. The number of carboxylic acids is 1. The van der Waals surface area contributed by atoms with Crippen LogP contribution in [0.1, 0.15) is 33.2 Å². The maximum absolute atomic E-state index is 10.9. The lowest BCUT2D eigenvalue weighted by Gasteiger charge is -2.30. The van der Waals surface area contributed by atoms with Gasteiger partial charge in [0.15, 0.2) is 0 Å². The van der Waals surface area contributed by atoms with Crippen LogP contribution in [0.15, 0.2) is 41.0 Å². The molecule has 0 radical (unpaired) electrons. The SMILES string of the molecule is O=C(O)c1occc1CNCC1Cc2ccccc21. The second kappa shape index (κ2) is 4.90. The number of carboxylic acid groups (broad SMARTS) is 1. The van der Waals surface area contributed by atoms with Gasteiger partial charge in [0.05, 0.1) is 6.26 Å². The van der Waals surface area contributed by atoms with Crippen LogP contribution in [-0.2, 0) is 13.0 Å². The van der Waals surface area contributed by atoms with Gasteiger partial charge in [-0.1, -0.05) is 24.3 Å². The third-order valence-corrected chi connectivity index (χ3v) is 3.61. The van der Waals surface area contributed by atoms with Crippen LogP contribution in [0.5, 0.6) is 0 Å². The van der Waals surface area contributed by atoms with Crippen molar-refractivity contribution in [3.8, 4) is 0 Å². The number of fused-ring (bicyclic) bond motifs is 1. The van der Waals surface area contributed by atoms with Crippen molar-refractivity contribution >= 4 is 5.97 Å². The van der Waals surface area contributed by atoms with Gasteiger partial charge in [0.1, 0.15) is 0 Å². The molecule has 1 atom stereocenters. The highest BCUT2D eigenvalue weighted by Gasteiger charge is 2.24. The quantitative estimate of drug-likeness (QED) is 0.863. The maximum Gasteiger partial charge on any atom is 0.372 e. The Morgan fingerprint density at radius 3 is 3.00 bits per heavy atom. The number of nitrogens with one attached hydrogen (secondary N) is 1. The Labute approximate surface area is 111 Å². The van der Waals surface area contributed by atoms with Gasteiger partial charge in [-0.25, -0.2) is 4.79 Å². The first-order valence-corrected chi connectivity index (χ1v) is 6.34. The number of rotatable bonds is 5. The van der Waals surface area contributed by atoms with Crippen LogP contribution in [0.25, 0.3) is 0 Å². The molecule has 1 aromatic carbocycles. The van der Waals surface area contributed by atoms with E-state index in [1.54, 1.807) is 6.07 Å². The summed E-state index contributed by atoms with van der Waals surface area (Å²) in [4.78, 5) is 10.9. The van der Waals surface area contributed by atoms with E-state index >= 15 is 0 Å². The molecule has 0 saturated heterocycles. The van der Waals surface area contributed by atoms with Crippen LogP contribution >= 0.6 is 0 Å². The van der Waals surface area contributed by atoms with Gasteiger partial charge in [-0.05, 0) is 23.6 Å². The Kier molecular flexibility index (Phi) is 3.09. The Hall–Kier alpha value is -2.07. The summed E-state index contributed by atoms with van der Waals surface area (Å²) in [5, 5.41) is 12.2. The number of carbonyl (C=O) groups is 1. The van der Waals surface area contributed by atoms with Crippen LogP contribution in [0.4, 0.5) is 0 Å². The number of aromatic carboxylic acids is 1. The van der Waals surface area contributed by atoms with Crippen molar-refractivity contribution < 1.29 is 14.3 Å². The fourth-order valence-corrected chi connectivity index (χ4v) is 2.59. The van der Waals surface area contributed by atoms with Gasteiger partial charge in [-0.2, -0.15) is 0 Å². The average molecular weight is 257 g/mol. The minimum Gasteiger partial charge on any atom is -0.475 e. The molecule has 4 heteroatoms. The van der Waals surface area contributed by atoms with Gasteiger partial charge in [0, 0.05) is 24.6 Å². The summed E-state index contributed by atoms with van der Waals surface area (Å²) >= 11 is 0. The number of hydrogen-bond acceptors (Lipinski definition) is 3. The van der Waals surface area contributed by atoms with Crippen LogP contribution in [0.2, 0.25) is 0 Å². The summed E-state index contributed by atoms with van der Waals surface area (Å²) < 4.78 is 4.94. The Balaban J connectivity index is 1.55. The molecule has 98 valence electrons. The Bertz CT molecular complexity index is 603. The molecule has 3 rings (SSSR count). The zero-order valence-corrected chi connectivity index (χ0v) is 10.4. The zero-order valence-electron chi connectivity index (χ0n) is 10.4. The first kappa shape index (κ1) is 12.0. The molecular formula is C15H15NO3. The van der Waals surface area contributed by atoms with E-state index < -0.39 is 5.97 Å². The van der Waals surface area contributed by atoms with Crippen LogP contribution in [-0.4, -0.2) is 17.6 Å². The van der Waals surface area contributed by atoms with Crippen molar-refractivity contribution in [1.29, 1.82) is 0 Å². The molecule has 0 fully saturated rings. The number of benzene rings is 1. The summed E-state index contributed by atoms with van der Waals surface area (Å²) in [6, 6.07) is 10.1. The molecule has 1 aromatic heterocycles.